The maximum Gasteiger partial charge on any atom is 0.309 e. The number of hydrogen-bond donors (Lipinski definition) is 0. The van der Waals surface area contributed by atoms with E-state index in [0.29, 0.717) is 17.9 Å². The van der Waals surface area contributed by atoms with Crippen LogP contribution in [0.4, 0.5) is 0 Å². The van der Waals surface area contributed by atoms with Crippen molar-refractivity contribution in [2.75, 3.05) is 13.7 Å². The Hall–Kier alpha value is -1.66. The van der Waals surface area contributed by atoms with Gasteiger partial charge in [-0.25, -0.2) is 8.42 Å². The van der Waals surface area contributed by atoms with Crippen molar-refractivity contribution >= 4 is 16.0 Å². The van der Waals surface area contributed by atoms with E-state index in [9.17, 15) is 13.2 Å². The van der Waals surface area contributed by atoms with Gasteiger partial charge in [0.15, 0.2) is 0 Å². The molecular formula is C21H29NO4S. The number of carbonyl (C=O) groups excluding carboxylic acids is 1. The van der Waals surface area contributed by atoms with E-state index in [4.69, 9.17) is 4.74 Å². The Morgan fingerprint density at radius 2 is 1.78 bits per heavy atom. The van der Waals surface area contributed by atoms with Gasteiger partial charge in [0.2, 0.25) is 10.0 Å². The first-order chi connectivity index (χ1) is 12.6. The highest BCUT2D eigenvalue weighted by Gasteiger charge is 2.49. The molecule has 27 heavy (non-hydrogen) atoms. The summed E-state index contributed by atoms with van der Waals surface area (Å²) in [4.78, 5) is 12.4. The second-order valence-corrected chi connectivity index (χ2v) is 10.0. The van der Waals surface area contributed by atoms with Crippen LogP contribution < -0.4 is 0 Å². The van der Waals surface area contributed by atoms with Crippen LogP contribution in [0.3, 0.4) is 0 Å². The van der Waals surface area contributed by atoms with Crippen LogP contribution in [0, 0.1) is 38.5 Å². The van der Waals surface area contributed by atoms with Gasteiger partial charge in [0.05, 0.1) is 17.9 Å². The summed E-state index contributed by atoms with van der Waals surface area (Å²) < 4.78 is 33.8. The molecule has 0 bridgehead atoms. The van der Waals surface area contributed by atoms with Gasteiger partial charge in [-0.05, 0) is 44.2 Å². The lowest BCUT2D eigenvalue weighted by Crippen LogP contribution is -2.54. The molecule has 1 aliphatic carbocycles. The van der Waals surface area contributed by atoms with Gasteiger partial charge in [-0.3, -0.25) is 4.79 Å². The van der Waals surface area contributed by atoms with Crippen LogP contribution in [0.15, 0.2) is 28.7 Å². The van der Waals surface area contributed by atoms with Crippen molar-refractivity contribution in [3.8, 4) is 0 Å². The third-order valence-corrected chi connectivity index (χ3v) is 8.04. The van der Waals surface area contributed by atoms with E-state index in [-0.39, 0.29) is 29.8 Å². The average molecular weight is 392 g/mol. The zero-order chi connectivity index (χ0) is 20.1. The average Bonchev–Trinajstić information content (AvgIpc) is 2.53. The molecule has 0 spiro atoms. The molecule has 1 aliphatic heterocycles. The fraction of sp³-hybridized carbons (Fsp3) is 0.571. The van der Waals surface area contributed by atoms with Gasteiger partial charge in [-0.1, -0.05) is 43.2 Å². The Balaban J connectivity index is 2.04. The molecular weight excluding hydrogens is 362 g/mol. The van der Waals surface area contributed by atoms with Crippen molar-refractivity contribution in [2.45, 2.75) is 52.0 Å². The van der Waals surface area contributed by atoms with Crippen molar-refractivity contribution in [3.63, 3.8) is 0 Å². The number of esters is 1. The number of carbonyl (C=O) groups is 1. The molecule has 0 N–H and O–H groups in total. The van der Waals surface area contributed by atoms with E-state index in [0.717, 1.165) is 16.7 Å². The van der Waals surface area contributed by atoms with E-state index < -0.39 is 10.0 Å². The van der Waals surface area contributed by atoms with Gasteiger partial charge in [-0.2, -0.15) is 4.31 Å². The van der Waals surface area contributed by atoms with Crippen LogP contribution >= 0.6 is 0 Å². The maximum atomic E-state index is 13.7. The van der Waals surface area contributed by atoms with Crippen LogP contribution in [0.25, 0.3) is 0 Å². The van der Waals surface area contributed by atoms with Gasteiger partial charge in [0.1, 0.15) is 0 Å². The number of rotatable bonds is 4. The van der Waals surface area contributed by atoms with Crippen molar-refractivity contribution in [1.82, 2.24) is 4.31 Å². The van der Waals surface area contributed by atoms with Crippen LogP contribution in [-0.4, -0.2) is 38.4 Å². The molecule has 5 nitrogen and oxygen atoms in total. The molecule has 0 saturated heterocycles. The number of methoxy groups -OCH3 is 1. The number of sulfonamides is 1. The topological polar surface area (TPSA) is 63.7 Å². The molecule has 1 aromatic carbocycles. The highest BCUT2D eigenvalue weighted by Crippen LogP contribution is 2.46. The van der Waals surface area contributed by atoms with E-state index in [1.54, 1.807) is 4.31 Å². The van der Waals surface area contributed by atoms with Gasteiger partial charge >= 0.3 is 5.97 Å². The van der Waals surface area contributed by atoms with E-state index in [2.05, 4.69) is 6.08 Å². The summed E-state index contributed by atoms with van der Waals surface area (Å²) in [5.41, 5.74) is 3.77. The molecule has 0 aromatic heterocycles. The number of aryl methyl sites for hydroxylation is 3. The minimum Gasteiger partial charge on any atom is -0.469 e. The van der Waals surface area contributed by atoms with Crippen molar-refractivity contribution in [1.29, 1.82) is 0 Å². The van der Waals surface area contributed by atoms with Crippen LogP contribution in [0.5, 0.6) is 0 Å². The van der Waals surface area contributed by atoms with Gasteiger partial charge in [0.25, 0.3) is 0 Å². The maximum absolute atomic E-state index is 13.7. The number of ether oxygens (including phenoxy) is 1. The first-order valence-electron chi connectivity index (χ1n) is 9.46. The zero-order valence-corrected chi connectivity index (χ0v) is 17.8. The number of nitrogens with zero attached hydrogens (tertiary/aromatic N) is 1. The van der Waals surface area contributed by atoms with Crippen molar-refractivity contribution < 1.29 is 17.9 Å². The fourth-order valence-electron chi connectivity index (χ4n) is 4.57. The largest absolute Gasteiger partial charge is 0.469 e. The molecule has 6 heteroatoms. The quantitative estimate of drug-likeness (QED) is 0.583. The second kappa shape index (κ2) is 7.06. The molecule has 2 aliphatic rings. The predicted octanol–water partition coefficient (Wildman–Crippen LogP) is 3.38. The summed E-state index contributed by atoms with van der Waals surface area (Å²) in [6.07, 6.45) is 2.74. The minimum atomic E-state index is -3.68. The van der Waals surface area contributed by atoms with Crippen molar-refractivity contribution in [2.24, 2.45) is 17.8 Å². The Labute approximate surface area is 162 Å². The third-order valence-electron chi connectivity index (χ3n) is 5.87. The molecule has 1 fully saturated rings. The molecule has 1 heterocycles. The zero-order valence-electron chi connectivity index (χ0n) is 16.9. The lowest BCUT2D eigenvalue weighted by atomic mass is 9.66. The minimum absolute atomic E-state index is 0.0757. The van der Waals surface area contributed by atoms with Crippen LogP contribution in [0.2, 0.25) is 0 Å². The van der Waals surface area contributed by atoms with E-state index in [1.807, 2.05) is 46.8 Å². The fourth-order valence-corrected chi connectivity index (χ4v) is 6.72. The summed E-state index contributed by atoms with van der Waals surface area (Å²) >= 11 is 0. The van der Waals surface area contributed by atoms with Crippen LogP contribution in [0.1, 0.15) is 37.0 Å². The number of benzene rings is 1. The molecule has 1 aromatic rings. The van der Waals surface area contributed by atoms with Crippen molar-refractivity contribution in [3.05, 3.63) is 40.5 Å². The standard InChI is InChI=1S/C21H29NO4S/c1-12(2)19-10-16-9-17(21(23)26-6)18(16)11-22(19)27(24,25)20-14(4)7-13(3)8-15(20)5/h7-8,10,12,17-19H,9,11H2,1-6H3/t17-,18-,19+/m0/s1. The first kappa shape index (κ1) is 20.1. The molecule has 0 radical (unpaired) electrons. The molecule has 0 unspecified atom stereocenters. The summed E-state index contributed by atoms with van der Waals surface area (Å²) in [5.74, 6) is -0.419. The van der Waals surface area contributed by atoms with Gasteiger partial charge in [-0.15, -0.1) is 0 Å². The summed E-state index contributed by atoms with van der Waals surface area (Å²) in [6.45, 7) is 10.1. The molecule has 3 atom stereocenters. The highest BCUT2D eigenvalue weighted by molar-refractivity contribution is 7.89. The summed E-state index contributed by atoms with van der Waals surface area (Å²) in [5, 5.41) is 0. The normalized spacial score (nSPS) is 25.6. The van der Waals surface area contributed by atoms with Gasteiger partial charge in [0, 0.05) is 18.5 Å². The molecule has 0 amide bonds. The van der Waals surface area contributed by atoms with E-state index >= 15 is 0 Å². The monoisotopic (exact) mass is 391 g/mol. The summed E-state index contributed by atoms with van der Waals surface area (Å²) in [7, 11) is -2.29. The smallest absolute Gasteiger partial charge is 0.309 e. The Morgan fingerprint density at radius 1 is 1.19 bits per heavy atom. The predicted molar refractivity (Wildman–Crippen MR) is 105 cm³/mol. The second-order valence-electron chi connectivity index (χ2n) is 8.22. The third kappa shape index (κ3) is 3.34. The molecule has 1 saturated carbocycles. The molecule has 148 valence electrons. The van der Waals surface area contributed by atoms with E-state index in [1.165, 1.54) is 12.7 Å². The lowest BCUT2D eigenvalue weighted by Gasteiger charge is -2.47. The highest BCUT2D eigenvalue weighted by atomic mass is 32.2. The Kier molecular flexibility index (Phi) is 5.25. The number of hydrogen-bond acceptors (Lipinski definition) is 4. The lowest BCUT2D eigenvalue weighted by molar-refractivity contribution is -0.149. The Bertz CT molecular complexity index is 878. The van der Waals surface area contributed by atoms with Crippen LogP contribution in [-0.2, 0) is 19.6 Å². The summed E-state index contributed by atoms with van der Waals surface area (Å²) in [6, 6.07) is 3.63. The first-order valence-corrected chi connectivity index (χ1v) is 10.9. The number of fused-ring (bicyclic) bond motifs is 1. The van der Waals surface area contributed by atoms with Gasteiger partial charge < -0.3 is 4.74 Å². The molecule has 3 rings (SSSR count). The Morgan fingerprint density at radius 3 is 2.30 bits per heavy atom. The SMILES string of the molecule is COC(=O)[C@H]1CC2=C[C@H](C(C)C)N(S(=O)(=O)c3c(C)cc(C)cc3C)C[C@@H]21.